The molecule has 124 valence electrons. The van der Waals surface area contributed by atoms with Crippen molar-refractivity contribution in [2.75, 3.05) is 0 Å². The van der Waals surface area contributed by atoms with Crippen LogP contribution in [0.3, 0.4) is 0 Å². The van der Waals surface area contributed by atoms with Crippen molar-refractivity contribution in [2.45, 2.75) is 69.9 Å². The highest BCUT2D eigenvalue weighted by atomic mass is 16.1. The molecule has 2 aromatic heterocycles. The molecule has 2 aromatic rings. The SMILES string of the molecule is NC1CCCC(n2ncc3c(=O)[nH]c(CC4CCCC4)nc32)C1. The molecule has 4 rings (SSSR count). The maximum Gasteiger partial charge on any atom is 0.262 e. The molecule has 2 atom stereocenters. The van der Waals surface area contributed by atoms with Gasteiger partial charge in [0.25, 0.3) is 5.56 Å². The second kappa shape index (κ2) is 6.07. The number of fused-ring (bicyclic) bond motifs is 1. The third-order valence-corrected chi connectivity index (χ3v) is 5.50. The number of nitrogens with one attached hydrogen (secondary N) is 1. The van der Waals surface area contributed by atoms with Crippen molar-refractivity contribution < 1.29 is 0 Å². The predicted octanol–water partition coefficient (Wildman–Crippen LogP) is 2.29. The fourth-order valence-corrected chi connectivity index (χ4v) is 4.26. The normalized spacial score (nSPS) is 26.1. The van der Waals surface area contributed by atoms with Gasteiger partial charge in [-0.3, -0.25) is 4.79 Å². The van der Waals surface area contributed by atoms with Crippen molar-refractivity contribution in [3.05, 3.63) is 22.4 Å². The number of H-pyrrole nitrogens is 1. The summed E-state index contributed by atoms with van der Waals surface area (Å²) in [5.74, 6) is 1.48. The molecule has 0 aliphatic heterocycles. The first-order valence-electron chi connectivity index (χ1n) is 8.92. The lowest BCUT2D eigenvalue weighted by Gasteiger charge is -2.27. The highest BCUT2D eigenvalue weighted by molar-refractivity contribution is 5.73. The Morgan fingerprint density at radius 2 is 2.04 bits per heavy atom. The molecular formula is C17H25N5O. The Morgan fingerprint density at radius 3 is 2.83 bits per heavy atom. The first-order chi connectivity index (χ1) is 11.2. The van der Waals surface area contributed by atoms with Crippen molar-refractivity contribution in [3.63, 3.8) is 0 Å². The zero-order chi connectivity index (χ0) is 15.8. The molecule has 2 saturated carbocycles. The molecule has 2 fully saturated rings. The zero-order valence-corrected chi connectivity index (χ0v) is 13.5. The number of hydrogen-bond donors (Lipinski definition) is 2. The number of rotatable bonds is 3. The minimum Gasteiger partial charge on any atom is -0.328 e. The van der Waals surface area contributed by atoms with Crippen LogP contribution in [0, 0.1) is 5.92 Å². The Labute approximate surface area is 135 Å². The number of aromatic amines is 1. The average molecular weight is 315 g/mol. The lowest BCUT2D eigenvalue weighted by atomic mass is 9.92. The van der Waals surface area contributed by atoms with Crippen molar-refractivity contribution in [1.82, 2.24) is 19.7 Å². The van der Waals surface area contributed by atoms with Gasteiger partial charge in [-0.15, -0.1) is 0 Å². The van der Waals surface area contributed by atoms with E-state index < -0.39 is 0 Å². The van der Waals surface area contributed by atoms with E-state index in [0.717, 1.165) is 43.6 Å². The Morgan fingerprint density at radius 1 is 1.22 bits per heavy atom. The van der Waals surface area contributed by atoms with Gasteiger partial charge in [-0.25, -0.2) is 9.67 Å². The topological polar surface area (TPSA) is 89.6 Å². The third-order valence-electron chi connectivity index (χ3n) is 5.50. The second-order valence-electron chi connectivity index (χ2n) is 7.27. The highest BCUT2D eigenvalue weighted by Crippen LogP contribution is 2.30. The molecule has 0 radical (unpaired) electrons. The summed E-state index contributed by atoms with van der Waals surface area (Å²) in [5.41, 5.74) is 6.79. The van der Waals surface area contributed by atoms with Gasteiger partial charge in [0.05, 0.1) is 12.2 Å². The van der Waals surface area contributed by atoms with Gasteiger partial charge in [-0.05, 0) is 31.6 Å². The fraction of sp³-hybridized carbons (Fsp3) is 0.706. The molecule has 2 heterocycles. The van der Waals surface area contributed by atoms with Crippen molar-refractivity contribution in [3.8, 4) is 0 Å². The Kier molecular flexibility index (Phi) is 3.93. The number of aromatic nitrogens is 4. The lowest BCUT2D eigenvalue weighted by Crippen LogP contribution is -2.30. The minimum atomic E-state index is -0.0608. The first kappa shape index (κ1) is 14.9. The second-order valence-corrected chi connectivity index (χ2v) is 7.27. The van der Waals surface area contributed by atoms with E-state index in [2.05, 4.69) is 10.1 Å². The van der Waals surface area contributed by atoms with Gasteiger partial charge in [0.15, 0.2) is 5.65 Å². The highest BCUT2D eigenvalue weighted by Gasteiger charge is 2.24. The maximum absolute atomic E-state index is 12.4. The van der Waals surface area contributed by atoms with Crippen LogP contribution in [0.2, 0.25) is 0 Å². The molecule has 0 saturated heterocycles. The number of nitrogens with two attached hydrogens (primary N) is 1. The molecule has 0 amide bonds. The molecule has 6 heteroatoms. The van der Waals surface area contributed by atoms with E-state index in [1.807, 2.05) is 4.68 Å². The Hall–Kier alpha value is -1.69. The summed E-state index contributed by atoms with van der Waals surface area (Å²) in [4.78, 5) is 20.1. The van der Waals surface area contributed by atoms with Crippen molar-refractivity contribution >= 4 is 11.0 Å². The summed E-state index contributed by atoms with van der Waals surface area (Å²) in [6, 6.07) is 0.498. The molecule has 0 bridgehead atoms. The lowest BCUT2D eigenvalue weighted by molar-refractivity contribution is 0.305. The largest absolute Gasteiger partial charge is 0.328 e. The third kappa shape index (κ3) is 2.92. The van der Waals surface area contributed by atoms with Gasteiger partial charge >= 0.3 is 0 Å². The number of hydrogen-bond acceptors (Lipinski definition) is 4. The summed E-state index contributed by atoms with van der Waals surface area (Å²) >= 11 is 0. The summed E-state index contributed by atoms with van der Waals surface area (Å²) in [6.45, 7) is 0. The summed E-state index contributed by atoms with van der Waals surface area (Å²) in [6.07, 6.45) is 11.8. The standard InChI is InChI=1S/C17H25N5O/c18-12-6-3-7-13(9-12)22-16-14(10-19-22)17(23)21-15(20-16)8-11-4-1-2-5-11/h10-13H,1-9,18H2,(H,20,21,23). The minimum absolute atomic E-state index is 0.0608. The summed E-state index contributed by atoms with van der Waals surface area (Å²) in [7, 11) is 0. The van der Waals surface area contributed by atoms with Crippen LogP contribution in [0.4, 0.5) is 0 Å². The first-order valence-corrected chi connectivity index (χ1v) is 8.92. The molecule has 3 N–H and O–H groups in total. The van der Waals surface area contributed by atoms with Gasteiger partial charge < -0.3 is 10.7 Å². The van der Waals surface area contributed by atoms with Crippen LogP contribution in [-0.4, -0.2) is 25.8 Å². The van der Waals surface area contributed by atoms with E-state index in [9.17, 15) is 4.79 Å². The van der Waals surface area contributed by atoms with Crippen LogP contribution in [0.5, 0.6) is 0 Å². The smallest absolute Gasteiger partial charge is 0.262 e. The molecule has 2 aliphatic rings. The maximum atomic E-state index is 12.4. The van der Waals surface area contributed by atoms with E-state index in [4.69, 9.17) is 10.7 Å². The summed E-state index contributed by atoms with van der Waals surface area (Å²) in [5, 5.41) is 5.06. The molecule has 2 aliphatic carbocycles. The van der Waals surface area contributed by atoms with E-state index >= 15 is 0 Å². The van der Waals surface area contributed by atoms with Crippen LogP contribution in [0.1, 0.15) is 63.2 Å². The van der Waals surface area contributed by atoms with Crippen molar-refractivity contribution in [1.29, 1.82) is 0 Å². The monoisotopic (exact) mass is 315 g/mol. The predicted molar refractivity (Wildman–Crippen MR) is 89.3 cm³/mol. The Balaban J connectivity index is 1.68. The molecule has 0 aromatic carbocycles. The summed E-state index contributed by atoms with van der Waals surface area (Å²) < 4.78 is 1.95. The van der Waals surface area contributed by atoms with Crippen LogP contribution in [0.15, 0.2) is 11.0 Å². The van der Waals surface area contributed by atoms with Gasteiger partial charge in [-0.2, -0.15) is 5.10 Å². The van der Waals surface area contributed by atoms with Crippen LogP contribution >= 0.6 is 0 Å². The molecule has 2 unspecified atom stereocenters. The van der Waals surface area contributed by atoms with Crippen LogP contribution in [0.25, 0.3) is 11.0 Å². The molecule has 6 nitrogen and oxygen atoms in total. The van der Waals surface area contributed by atoms with E-state index in [0.29, 0.717) is 11.3 Å². The molecular weight excluding hydrogens is 290 g/mol. The van der Waals surface area contributed by atoms with E-state index in [1.165, 1.54) is 25.7 Å². The molecule has 0 spiro atoms. The number of nitrogens with zero attached hydrogens (tertiary/aromatic N) is 3. The van der Waals surface area contributed by atoms with Crippen LogP contribution in [-0.2, 0) is 6.42 Å². The fourth-order valence-electron chi connectivity index (χ4n) is 4.26. The molecule has 23 heavy (non-hydrogen) atoms. The zero-order valence-electron chi connectivity index (χ0n) is 13.5. The van der Waals surface area contributed by atoms with Gasteiger partial charge in [0.2, 0.25) is 0 Å². The van der Waals surface area contributed by atoms with Gasteiger partial charge in [-0.1, -0.05) is 25.7 Å². The van der Waals surface area contributed by atoms with Crippen LogP contribution < -0.4 is 11.3 Å². The Bertz CT molecular complexity index is 743. The van der Waals surface area contributed by atoms with E-state index in [-0.39, 0.29) is 17.6 Å². The quantitative estimate of drug-likeness (QED) is 0.909. The van der Waals surface area contributed by atoms with Crippen molar-refractivity contribution in [2.24, 2.45) is 11.7 Å². The van der Waals surface area contributed by atoms with E-state index in [1.54, 1.807) is 6.20 Å². The average Bonchev–Trinajstić information content (AvgIpc) is 3.17. The van der Waals surface area contributed by atoms with Gasteiger partial charge in [0, 0.05) is 12.5 Å². The van der Waals surface area contributed by atoms with Gasteiger partial charge in [0.1, 0.15) is 11.2 Å².